The molecule has 2 aromatic rings. The largest absolute Gasteiger partial charge is 0.454 e. The zero-order valence-corrected chi connectivity index (χ0v) is 16.9. The molecule has 0 aliphatic carbocycles. The van der Waals surface area contributed by atoms with Crippen LogP contribution in [-0.2, 0) is 6.54 Å². The highest BCUT2D eigenvalue weighted by Crippen LogP contribution is 2.34. The lowest BCUT2D eigenvalue weighted by Crippen LogP contribution is -2.17. The first-order chi connectivity index (χ1) is 15.1. The van der Waals surface area contributed by atoms with E-state index in [4.69, 9.17) is 9.47 Å². The first-order valence-electron chi connectivity index (χ1n) is 10.0. The lowest BCUT2D eigenvalue weighted by atomic mass is 10.1. The smallest absolute Gasteiger partial charge is 0.282 e. The third-order valence-electron chi connectivity index (χ3n) is 5.08. The number of aromatic nitrogens is 3. The molecule has 0 saturated carbocycles. The minimum atomic E-state index is -0.355. The van der Waals surface area contributed by atoms with Crippen LogP contribution in [0.3, 0.4) is 0 Å². The molecule has 0 bridgehead atoms. The van der Waals surface area contributed by atoms with Crippen molar-refractivity contribution in [3.8, 4) is 28.4 Å². The van der Waals surface area contributed by atoms with Crippen molar-refractivity contribution in [2.75, 3.05) is 12.1 Å². The summed E-state index contributed by atoms with van der Waals surface area (Å²) in [6, 6.07) is 14.4. The topological polar surface area (TPSA) is 87.4 Å². The van der Waals surface area contributed by atoms with Crippen molar-refractivity contribution in [3.63, 3.8) is 0 Å². The molecule has 0 saturated heterocycles. The van der Waals surface area contributed by atoms with Gasteiger partial charge in [-0.05, 0) is 30.7 Å². The number of amides is 1. The third kappa shape index (κ3) is 3.42. The Morgan fingerprint density at radius 2 is 1.90 bits per heavy atom. The van der Waals surface area contributed by atoms with Gasteiger partial charge in [0.15, 0.2) is 11.5 Å². The molecule has 5 rings (SSSR count). The Balaban J connectivity index is 1.58. The van der Waals surface area contributed by atoms with E-state index in [1.807, 2.05) is 29.7 Å². The van der Waals surface area contributed by atoms with Gasteiger partial charge >= 0.3 is 0 Å². The van der Waals surface area contributed by atoms with E-state index in [2.05, 4.69) is 10.4 Å². The number of nitrogens with one attached hydrogen (secondary N) is 1. The van der Waals surface area contributed by atoms with Crippen molar-refractivity contribution < 1.29 is 14.3 Å². The summed E-state index contributed by atoms with van der Waals surface area (Å²) in [5, 5.41) is 7.37. The fourth-order valence-electron chi connectivity index (χ4n) is 3.63. The van der Waals surface area contributed by atoms with Gasteiger partial charge in [0.25, 0.3) is 11.5 Å². The van der Waals surface area contributed by atoms with Crippen molar-refractivity contribution in [1.29, 1.82) is 0 Å². The monoisotopic (exact) mass is 416 g/mol. The van der Waals surface area contributed by atoms with E-state index in [9.17, 15) is 9.59 Å². The van der Waals surface area contributed by atoms with Crippen molar-refractivity contribution in [3.05, 3.63) is 76.8 Å². The van der Waals surface area contributed by atoms with Crippen LogP contribution in [0.1, 0.15) is 23.7 Å². The molecular weight excluding hydrogens is 396 g/mol. The Labute approximate surface area is 178 Å². The summed E-state index contributed by atoms with van der Waals surface area (Å²) in [5.74, 6) is 0.859. The Morgan fingerprint density at radius 1 is 1.10 bits per heavy atom. The number of carbonyl (C=O) groups is 1. The summed E-state index contributed by atoms with van der Waals surface area (Å²) >= 11 is 0. The summed E-state index contributed by atoms with van der Waals surface area (Å²) in [6.45, 7) is 2.87. The van der Waals surface area contributed by atoms with Gasteiger partial charge in [-0.15, -0.1) is 0 Å². The summed E-state index contributed by atoms with van der Waals surface area (Å²) in [4.78, 5) is 26.3. The zero-order chi connectivity index (χ0) is 21.4. The van der Waals surface area contributed by atoms with Crippen molar-refractivity contribution >= 4 is 11.6 Å². The van der Waals surface area contributed by atoms with Crippen LogP contribution in [0, 0.1) is 0 Å². The molecule has 0 aromatic heterocycles. The second-order valence-electron chi connectivity index (χ2n) is 7.25. The molecule has 3 aliphatic heterocycles. The van der Waals surface area contributed by atoms with Crippen molar-refractivity contribution in [2.24, 2.45) is 0 Å². The highest BCUT2D eigenvalue weighted by molar-refractivity contribution is 6.08. The van der Waals surface area contributed by atoms with Gasteiger partial charge in [-0.2, -0.15) is 9.78 Å². The van der Waals surface area contributed by atoms with Crippen LogP contribution in [-0.4, -0.2) is 27.0 Å². The number of aryl methyl sites for hydroxylation is 1. The SMILES string of the molecule is CCCn1cc(C(=O)Nc2ccc3c(c2)OCO3)c2nn(-c3ccccc3)c(=O)c-2c1. The number of carbonyl (C=O) groups excluding carboxylic acids is 1. The molecule has 1 amide bonds. The minimum absolute atomic E-state index is 0.159. The van der Waals surface area contributed by atoms with Gasteiger partial charge in [-0.1, -0.05) is 25.1 Å². The van der Waals surface area contributed by atoms with Crippen molar-refractivity contribution in [2.45, 2.75) is 19.9 Å². The zero-order valence-electron chi connectivity index (χ0n) is 16.9. The van der Waals surface area contributed by atoms with E-state index >= 15 is 0 Å². The number of pyridine rings is 1. The number of anilines is 1. The maximum atomic E-state index is 13.2. The van der Waals surface area contributed by atoms with Crippen molar-refractivity contribution in [1.82, 2.24) is 14.3 Å². The molecule has 0 radical (unpaired) electrons. The van der Waals surface area contributed by atoms with E-state index < -0.39 is 0 Å². The van der Waals surface area contributed by atoms with Crippen LogP contribution in [0.15, 0.2) is 65.7 Å². The molecule has 156 valence electrons. The number of fused-ring (bicyclic) bond motifs is 2. The lowest BCUT2D eigenvalue weighted by Gasteiger charge is -2.12. The number of benzene rings is 2. The minimum Gasteiger partial charge on any atom is -0.454 e. The quantitative estimate of drug-likeness (QED) is 0.538. The Kier molecular flexibility index (Phi) is 4.66. The molecule has 8 nitrogen and oxygen atoms in total. The van der Waals surface area contributed by atoms with Gasteiger partial charge in [0.1, 0.15) is 5.69 Å². The maximum Gasteiger partial charge on any atom is 0.282 e. The molecule has 8 heteroatoms. The van der Waals surface area contributed by atoms with Crippen LogP contribution < -0.4 is 20.3 Å². The summed E-state index contributed by atoms with van der Waals surface area (Å²) < 4.78 is 13.9. The predicted molar refractivity (Wildman–Crippen MR) is 115 cm³/mol. The van der Waals surface area contributed by atoms with E-state index in [1.165, 1.54) is 4.68 Å². The number of nitrogens with zero attached hydrogens (tertiary/aromatic N) is 3. The molecule has 2 aromatic carbocycles. The van der Waals surface area contributed by atoms with Gasteiger partial charge in [-0.3, -0.25) is 9.59 Å². The summed E-state index contributed by atoms with van der Waals surface area (Å²) in [6.07, 6.45) is 4.35. The standard InChI is InChI=1S/C23H20N4O4/c1-2-10-26-12-17(22(28)24-15-8-9-19-20(11-15)31-14-30-19)21-18(13-26)23(29)27(25-21)16-6-4-3-5-7-16/h3-9,11-13H,2,10,14H2,1H3,(H,24,28). The predicted octanol–water partition coefficient (Wildman–Crippen LogP) is 3.53. The molecule has 0 fully saturated rings. The third-order valence-corrected chi connectivity index (χ3v) is 5.08. The number of hydrogen-bond donors (Lipinski definition) is 1. The first kappa shape index (κ1) is 18.9. The normalized spacial score (nSPS) is 12.3. The summed E-state index contributed by atoms with van der Waals surface area (Å²) in [5.41, 5.74) is 2.04. The lowest BCUT2D eigenvalue weighted by molar-refractivity contribution is 0.102. The van der Waals surface area contributed by atoms with Gasteiger partial charge in [0, 0.05) is 30.7 Å². The Bertz CT molecular complexity index is 1290. The molecular formula is C23H20N4O4. The fourth-order valence-corrected chi connectivity index (χ4v) is 3.63. The van der Waals surface area contributed by atoms with Crippen LogP contribution >= 0.6 is 0 Å². The van der Waals surface area contributed by atoms with Crippen LogP contribution in [0.25, 0.3) is 16.9 Å². The Morgan fingerprint density at radius 3 is 2.71 bits per heavy atom. The van der Waals surface area contributed by atoms with E-state index in [1.54, 1.807) is 42.7 Å². The van der Waals surface area contributed by atoms with E-state index in [-0.39, 0.29) is 18.3 Å². The van der Waals surface area contributed by atoms with E-state index in [0.29, 0.717) is 46.2 Å². The van der Waals surface area contributed by atoms with Gasteiger partial charge in [-0.25, -0.2) is 0 Å². The van der Waals surface area contributed by atoms with Crippen LogP contribution in [0.2, 0.25) is 0 Å². The van der Waals surface area contributed by atoms with Crippen LogP contribution in [0.5, 0.6) is 11.5 Å². The number of rotatable bonds is 5. The van der Waals surface area contributed by atoms with Gasteiger partial charge < -0.3 is 19.4 Å². The second kappa shape index (κ2) is 7.64. The molecule has 3 heterocycles. The molecule has 3 aliphatic rings. The average molecular weight is 416 g/mol. The fraction of sp³-hybridized carbons (Fsp3) is 0.174. The Hall–Kier alpha value is -4.07. The molecule has 31 heavy (non-hydrogen) atoms. The van der Waals surface area contributed by atoms with E-state index in [0.717, 1.165) is 6.42 Å². The van der Waals surface area contributed by atoms with Crippen LogP contribution in [0.4, 0.5) is 5.69 Å². The molecule has 1 N–H and O–H groups in total. The average Bonchev–Trinajstić information content (AvgIpc) is 3.38. The highest BCUT2D eigenvalue weighted by Gasteiger charge is 2.25. The number of para-hydroxylation sites is 1. The molecule has 0 atom stereocenters. The highest BCUT2D eigenvalue weighted by atomic mass is 16.7. The first-order valence-corrected chi connectivity index (χ1v) is 10.0. The summed E-state index contributed by atoms with van der Waals surface area (Å²) in [7, 11) is 0. The van der Waals surface area contributed by atoms with Gasteiger partial charge in [0.2, 0.25) is 6.79 Å². The van der Waals surface area contributed by atoms with Gasteiger partial charge in [0.05, 0.1) is 16.8 Å². The number of hydrogen-bond acceptors (Lipinski definition) is 5. The number of ether oxygens (including phenoxy) is 2. The maximum absolute atomic E-state index is 13.2. The molecule has 0 unspecified atom stereocenters. The molecule has 0 spiro atoms. The second-order valence-corrected chi connectivity index (χ2v) is 7.25.